The third-order valence-electron chi connectivity index (χ3n) is 6.96. The number of sulfonamides is 1. The molecular formula is C27H47N3O5S. The molecule has 2 rings (SSSR count). The Morgan fingerprint density at radius 2 is 1.61 bits per heavy atom. The van der Waals surface area contributed by atoms with E-state index in [0.29, 0.717) is 28.7 Å². The molecule has 1 aliphatic rings. The maximum absolute atomic E-state index is 13.1. The summed E-state index contributed by atoms with van der Waals surface area (Å²) in [6.07, 6.45) is 4.67. The summed E-state index contributed by atoms with van der Waals surface area (Å²) < 4.78 is 38.3. The minimum atomic E-state index is -3.68. The number of nitrogens with zero attached hydrogens (tertiary/aromatic N) is 2. The SMILES string of the molecule is COc1cc(C)c(S(=O)(=O)N(C)CCOCC(=O)N(C)CC2CCC(CNC(C)(C)C)CC2)c(C)c1. The van der Waals surface area contributed by atoms with Gasteiger partial charge in [-0.15, -0.1) is 0 Å². The van der Waals surface area contributed by atoms with Gasteiger partial charge in [-0.2, -0.15) is 4.31 Å². The summed E-state index contributed by atoms with van der Waals surface area (Å²) in [5, 5.41) is 3.60. The maximum atomic E-state index is 13.1. The molecule has 1 aromatic carbocycles. The molecule has 1 aromatic rings. The van der Waals surface area contributed by atoms with Crippen molar-refractivity contribution < 1.29 is 22.7 Å². The predicted octanol–water partition coefficient (Wildman–Crippen LogP) is 3.60. The molecule has 0 atom stereocenters. The molecule has 1 fully saturated rings. The summed E-state index contributed by atoms with van der Waals surface area (Å²) in [5.41, 5.74) is 1.42. The van der Waals surface area contributed by atoms with E-state index in [9.17, 15) is 13.2 Å². The quantitative estimate of drug-likeness (QED) is 0.420. The Labute approximate surface area is 218 Å². The highest BCUT2D eigenvalue weighted by Gasteiger charge is 2.26. The summed E-state index contributed by atoms with van der Waals surface area (Å²) in [6, 6.07) is 3.43. The van der Waals surface area contributed by atoms with Crippen molar-refractivity contribution in [3.63, 3.8) is 0 Å². The number of hydrogen-bond donors (Lipinski definition) is 1. The monoisotopic (exact) mass is 525 g/mol. The summed E-state index contributed by atoms with van der Waals surface area (Å²) >= 11 is 0. The number of benzene rings is 1. The standard InChI is InChI=1S/C27H47N3O5S/c1-20-15-24(34-8)16-21(2)26(20)36(32,33)30(7)13-14-35-19-25(31)29(6)18-23-11-9-22(10-12-23)17-28-27(3,4)5/h15-16,22-23,28H,9-14,17-19H2,1-8H3. The van der Waals surface area contributed by atoms with Crippen LogP contribution in [-0.4, -0.2) is 83.1 Å². The lowest BCUT2D eigenvalue weighted by molar-refractivity contribution is -0.135. The van der Waals surface area contributed by atoms with Crippen LogP contribution in [-0.2, 0) is 19.6 Å². The summed E-state index contributed by atoms with van der Waals surface area (Å²) in [7, 11) is 1.23. The lowest BCUT2D eigenvalue weighted by Crippen LogP contribution is -2.41. The maximum Gasteiger partial charge on any atom is 0.248 e. The van der Waals surface area contributed by atoms with Crippen molar-refractivity contribution >= 4 is 15.9 Å². The van der Waals surface area contributed by atoms with Gasteiger partial charge in [0.2, 0.25) is 15.9 Å². The van der Waals surface area contributed by atoms with Crippen LogP contribution < -0.4 is 10.1 Å². The molecule has 0 aromatic heterocycles. The second kappa shape index (κ2) is 13.2. The fourth-order valence-electron chi connectivity index (χ4n) is 4.73. The Kier molecular flexibility index (Phi) is 11.2. The van der Waals surface area contributed by atoms with Crippen molar-refractivity contribution in [3.8, 4) is 5.75 Å². The minimum absolute atomic E-state index is 0.0458. The number of methoxy groups -OCH3 is 1. The molecule has 1 amide bonds. The van der Waals surface area contributed by atoms with Gasteiger partial charge in [-0.25, -0.2) is 8.42 Å². The van der Waals surface area contributed by atoms with Gasteiger partial charge >= 0.3 is 0 Å². The fraction of sp³-hybridized carbons (Fsp3) is 0.741. The summed E-state index contributed by atoms with van der Waals surface area (Å²) in [5.74, 6) is 1.79. The third kappa shape index (κ3) is 9.01. The number of nitrogens with one attached hydrogen (secondary N) is 1. The van der Waals surface area contributed by atoms with Crippen LogP contribution in [0.5, 0.6) is 5.75 Å². The average molecular weight is 526 g/mol. The van der Waals surface area contributed by atoms with E-state index in [1.807, 2.05) is 7.05 Å². The van der Waals surface area contributed by atoms with Gasteiger partial charge in [0, 0.05) is 32.7 Å². The Balaban J connectivity index is 1.74. The van der Waals surface area contributed by atoms with Crippen LogP contribution in [0.25, 0.3) is 0 Å². The molecule has 0 bridgehead atoms. The lowest BCUT2D eigenvalue weighted by Gasteiger charge is -2.33. The average Bonchev–Trinajstić information content (AvgIpc) is 2.79. The molecule has 0 heterocycles. The van der Waals surface area contributed by atoms with Crippen molar-refractivity contribution in [2.24, 2.45) is 11.8 Å². The number of rotatable bonds is 12. The summed E-state index contributed by atoms with van der Waals surface area (Å²) in [6.45, 7) is 12.2. The second-order valence-electron chi connectivity index (χ2n) is 11.3. The molecule has 0 radical (unpaired) electrons. The molecule has 0 spiro atoms. The number of aryl methyl sites for hydroxylation is 2. The van der Waals surface area contributed by atoms with Gasteiger partial charge in [0.05, 0.1) is 18.6 Å². The van der Waals surface area contributed by atoms with Gasteiger partial charge in [0.1, 0.15) is 12.4 Å². The molecule has 0 saturated heterocycles. The Morgan fingerprint density at radius 1 is 1.06 bits per heavy atom. The van der Waals surface area contributed by atoms with Gasteiger partial charge in [0.15, 0.2) is 0 Å². The fourth-order valence-corrected chi connectivity index (χ4v) is 6.29. The zero-order chi connectivity index (χ0) is 27.1. The number of hydrogen-bond acceptors (Lipinski definition) is 6. The first-order valence-electron chi connectivity index (χ1n) is 12.9. The van der Waals surface area contributed by atoms with E-state index in [2.05, 4.69) is 26.1 Å². The third-order valence-corrected chi connectivity index (χ3v) is 9.12. The number of amides is 1. The van der Waals surface area contributed by atoms with Gasteiger partial charge in [-0.05, 0) is 102 Å². The van der Waals surface area contributed by atoms with Crippen LogP contribution in [0, 0.1) is 25.7 Å². The molecule has 0 aliphatic heterocycles. The number of ether oxygens (including phenoxy) is 2. The van der Waals surface area contributed by atoms with E-state index < -0.39 is 10.0 Å². The highest BCUT2D eigenvalue weighted by atomic mass is 32.2. The molecule has 1 N–H and O–H groups in total. The highest BCUT2D eigenvalue weighted by Crippen LogP contribution is 2.29. The van der Waals surface area contributed by atoms with Crippen molar-refractivity contribution in [1.29, 1.82) is 0 Å². The van der Waals surface area contributed by atoms with E-state index in [4.69, 9.17) is 9.47 Å². The minimum Gasteiger partial charge on any atom is -0.497 e. The molecule has 1 aliphatic carbocycles. The normalized spacial score (nSPS) is 18.9. The van der Waals surface area contributed by atoms with Crippen LogP contribution in [0.3, 0.4) is 0 Å². The molecule has 1 saturated carbocycles. The van der Waals surface area contributed by atoms with Crippen LogP contribution in [0.1, 0.15) is 57.6 Å². The van der Waals surface area contributed by atoms with Gasteiger partial charge in [0.25, 0.3) is 0 Å². The largest absolute Gasteiger partial charge is 0.497 e. The van der Waals surface area contributed by atoms with Gasteiger partial charge in [-0.3, -0.25) is 4.79 Å². The van der Waals surface area contributed by atoms with E-state index >= 15 is 0 Å². The molecule has 9 heteroatoms. The lowest BCUT2D eigenvalue weighted by atomic mass is 9.81. The Bertz CT molecular complexity index is 943. The van der Waals surface area contributed by atoms with Crippen molar-refractivity contribution in [2.75, 3.05) is 54.1 Å². The van der Waals surface area contributed by atoms with Crippen LogP contribution >= 0.6 is 0 Å². The van der Waals surface area contributed by atoms with E-state index in [1.165, 1.54) is 24.2 Å². The van der Waals surface area contributed by atoms with E-state index in [0.717, 1.165) is 25.9 Å². The van der Waals surface area contributed by atoms with Crippen LogP contribution in [0.4, 0.5) is 0 Å². The van der Waals surface area contributed by atoms with Gasteiger partial charge in [-0.1, -0.05) is 0 Å². The number of carbonyl (C=O) groups excluding carboxylic acids is 1. The zero-order valence-electron chi connectivity index (χ0n) is 23.5. The van der Waals surface area contributed by atoms with E-state index in [-0.39, 0.29) is 36.1 Å². The Morgan fingerprint density at radius 3 is 2.14 bits per heavy atom. The van der Waals surface area contributed by atoms with Crippen LogP contribution in [0.2, 0.25) is 0 Å². The van der Waals surface area contributed by atoms with Crippen molar-refractivity contribution in [2.45, 2.75) is 70.7 Å². The first-order chi connectivity index (χ1) is 16.7. The number of carbonyl (C=O) groups is 1. The van der Waals surface area contributed by atoms with Crippen molar-refractivity contribution in [1.82, 2.24) is 14.5 Å². The predicted molar refractivity (Wildman–Crippen MR) is 144 cm³/mol. The molecular weight excluding hydrogens is 478 g/mol. The Hall–Kier alpha value is -1.68. The number of likely N-dealkylation sites (N-methyl/N-ethyl adjacent to an activating group) is 2. The topological polar surface area (TPSA) is 88.2 Å². The second-order valence-corrected chi connectivity index (χ2v) is 13.2. The first kappa shape index (κ1) is 30.5. The molecule has 8 nitrogen and oxygen atoms in total. The van der Waals surface area contributed by atoms with Crippen molar-refractivity contribution in [3.05, 3.63) is 23.3 Å². The first-order valence-corrected chi connectivity index (χ1v) is 14.4. The smallest absolute Gasteiger partial charge is 0.248 e. The van der Waals surface area contributed by atoms with Gasteiger partial charge < -0.3 is 19.7 Å². The zero-order valence-corrected chi connectivity index (χ0v) is 24.3. The molecule has 36 heavy (non-hydrogen) atoms. The molecule has 0 unspecified atom stereocenters. The summed E-state index contributed by atoms with van der Waals surface area (Å²) in [4.78, 5) is 14.6. The van der Waals surface area contributed by atoms with Crippen LogP contribution in [0.15, 0.2) is 17.0 Å². The van der Waals surface area contributed by atoms with E-state index in [1.54, 1.807) is 38.0 Å². The molecule has 206 valence electrons. The highest BCUT2D eigenvalue weighted by molar-refractivity contribution is 7.89.